The monoisotopic (exact) mass is 156 g/mol. The van der Waals surface area contributed by atoms with E-state index in [2.05, 4.69) is 4.74 Å². The minimum Gasteiger partial charge on any atom is -0.457 e. The Kier molecular flexibility index (Phi) is 1.74. The number of Topliss-reactive ketones (excluding diaryl/α,β-unsaturated/α-hetero) is 1. The molecular formula is C8H12O3. The Bertz CT molecular complexity index is 184. The number of ether oxygens (including phenoxy) is 1. The lowest BCUT2D eigenvalue weighted by Crippen LogP contribution is -2.30. The molecule has 0 bridgehead atoms. The van der Waals surface area contributed by atoms with E-state index < -0.39 is 5.92 Å². The van der Waals surface area contributed by atoms with Crippen LogP contribution in [0.2, 0.25) is 0 Å². The highest BCUT2D eigenvalue weighted by molar-refractivity contribution is 6.05. The zero-order valence-electron chi connectivity index (χ0n) is 7.01. The third kappa shape index (κ3) is 1.42. The van der Waals surface area contributed by atoms with Crippen LogP contribution in [0.1, 0.15) is 20.8 Å². The summed E-state index contributed by atoms with van der Waals surface area (Å²) in [5.41, 5.74) is -0.301. The average Bonchev–Trinajstić information content (AvgIpc) is 2.08. The Labute approximate surface area is 65.7 Å². The van der Waals surface area contributed by atoms with Gasteiger partial charge in [-0.3, -0.25) is 9.59 Å². The zero-order chi connectivity index (χ0) is 8.65. The van der Waals surface area contributed by atoms with E-state index in [1.807, 2.05) is 20.8 Å². The predicted octanol–water partition coefficient (Wildman–Crippen LogP) is 0.775. The lowest BCUT2D eigenvalue weighted by atomic mass is 9.79. The van der Waals surface area contributed by atoms with Gasteiger partial charge in [-0.05, 0) is 5.41 Å². The normalized spacial score (nSPS) is 25.5. The molecule has 3 heteroatoms. The Morgan fingerprint density at radius 1 is 1.36 bits per heavy atom. The summed E-state index contributed by atoms with van der Waals surface area (Å²) in [5.74, 6) is -1.02. The standard InChI is InChI=1S/C8H12O3/c1-8(2,3)6-5(9)4-11-7(6)10/h6H,4H2,1-3H3. The third-order valence-corrected chi connectivity index (χ3v) is 1.78. The van der Waals surface area contributed by atoms with Gasteiger partial charge in [0, 0.05) is 0 Å². The first kappa shape index (κ1) is 8.24. The molecule has 0 N–H and O–H groups in total. The van der Waals surface area contributed by atoms with Crippen molar-refractivity contribution in [2.75, 3.05) is 6.61 Å². The number of hydrogen-bond donors (Lipinski definition) is 0. The van der Waals surface area contributed by atoms with E-state index >= 15 is 0 Å². The largest absolute Gasteiger partial charge is 0.457 e. The van der Waals surface area contributed by atoms with Gasteiger partial charge in [0.05, 0.1) is 0 Å². The van der Waals surface area contributed by atoms with Gasteiger partial charge in [0.15, 0.2) is 12.4 Å². The number of cyclic esters (lactones) is 1. The van der Waals surface area contributed by atoms with Crippen LogP contribution in [0, 0.1) is 11.3 Å². The second-order valence-electron chi connectivity index (χ2n) is 3.87. The fourth-order valence-electron chi connectivity index (χ4n) is 1.28. The summed E-state index contributed by atoms with van der Waals surface area (Å²) in [7, 11) is 0. The predicted molar refractivity (Wildman–Crippen MR) is 38.9 cm³/mol. The number of ketones is 1. The highest BCUT2D eigenvalue weighted by atomic mass is 16.5. The average molecular weight is 156 g/mol. The van der Waals surface area contributed by atoms with Crippen LogP contribution in [-0.4, -0.2) is 18.4 Å². The van der Waals surface area contributed by atoms with E-state index in [0.717, 1.165) is 0 Å². The molecule has 0 saturated carbocycles. The molecule has 1 aliphatic heterocycles. The molecule has 0 radical (unpaired) electrons. The first-order chi connectivity index (χ1) is 4.93. The van der Waals surface area contributed by atoms with Gasteiger partial charge in [-0.2, -0.15) is 0 Å². The minimum absolute atomic E-state index is 0.0409. The van der Waals surface area contributed by atoms with Crippen molar-refractivity contribution in [2.24, 2.45) is 11.3 Å². The molecule has 0 aromatic rings. The molecule has 3 nitrogen and oxygen atoms in total. The second-order valence-corrected chi connectivity index (χ2v) is 3.87. The Morgan fingerprint density at radius 3 is 2.09 bits per heavy atom. The maximum absolute atomic E-state index is 11.1. The molecule has 0 aliphatic carbocycles. The van der Waals surface area contributed by atoms with Crippen molar-refractivity contribution in [3.05, 3.63) is 0 Å². The summed E-state index contributed by atoms with van der Waals surface area (Å²) in [6.07, 6.45) is 0. The summed E-state index contributed by atoms with van der Waals surface area (Å²) in [4.78, 5) is 22.1. The number of hydrogen-bond acceptors (Lipinski definition) is 3. The maximum Gasteiger partial charge on any atom is 0.317 e. The topological polar surface area (TPSA) is 43.4 Å². The van der Waals surface area contributed by atoms with Gasteiger partial charge in [0.25, 0.3) is 0 Å². The summed E-state index contributed by atoms with van der Waals surface area (Å²) in [5, 5.41) is 0. The van der Waals surface area contributed by atoms with Crippen LogP contribution in [0.5, 0.6) is 0 Å². The molecule has 1 unspecified atom stereocenters. The van der Waals surface area contributed by atoms with Crippen LogP contribution in [0.4, 0.5) is 0 Å². The van der Waals surface area contributed by atoms with Gasteiger partial charge in [-0.1, -0.05) is 20.8 Å². The summed E-state index contributed by atoms with van der Waals surface area (Å²) in [6.45, 7) is 5.55. The zero-order valence-corrected chi connectivity index (χ0v) is 7.01. The summed E-state index contributed by atoms with van der Waals surface area (Å²) in [6, 6.07) is 0. The molecule has 1 fully saturated rings. The molecule has 1 aliphatic rings. The highest BCUT2D eigenvalue weighted by Crippen LogP contribution is 2.30. The lowest BCUT2D eigenvalue weighted by Gasteiger charge is -2.21. The molecule has 0 aromatic heterocycles. The number of esters is 1. The Hall–Kier alpha value is -0.860. The molecule has 1 rings (SSSR count). The fraction of sp³-hybridized carbons (Fsp3) is 0.750. The van der Waals surface area contributed by atoms with Crippen LogP contribution in [0.3, 0.4) is 0 Å². The molecule has 1 atom stereocenters. The third-order valence-electron chi connectivity index (χ3n) is 1.78. The van der Waals surface area contributed by atoms with Gasteiger partial charge < -0.3 is 4.74 Å². The molecule has 62 valence electrons. The molecule has 1 heterocycles. The van der Waals surface area contributed by atoms with Crippen molar-refractivity contribution in [3.63, 3.8) is 0 Å². The van der Waals surface area contributed by atoms with Crippen molar-refractivity contribution < 1.29 is 14.3 Å². The highest BCUT2D eigenvalue weighted by Gasteiger charge is 2.43. The minimum atomic E-state index is -0.553. The van der Waals surface area contributed by atoms with Crippen molar-refractivity contribution in [3.8, 4) is 0 Å². The van der Waals surface area contributed by atoms with Gasteiger partial charge in [-0.15, -0.1) is 0 Å². The first-order valence-corrected chi connectivity index (χ1v) is 3.62. The smallest absolute Gasteiger partial charge is 0.317 e. The van der Waals surface area contributed by atoms with Crippen LogP contribution in [0.25, 0.3) is 0 Å². The SMILES string of the molecule is CC(C)(C)C1C(=O)COC1=O. The fourth-order valence-corrected chi connectivity index (χ4v) is 1.28. The lowest BCUT2D eigenvalue weighted by molar-refractivity contribution is -0.144. The second kappa shape index (κ2) is 2.32. The molecule has 0 amide bonds. The Balaban J connectivity index is 2.85. The van der Waals surface area contributed by atoms with E-state index in [1.165, 1.54) is 0 Å². The van der Waals surface area contributed by atoms with E-state index in [4.69, 9.17) is 0 Å². The molecule has 0 spiro atoms. The molecule has 1 saturated heterocycles. The quantitative estimate of drug-likeness (QED) is 0.384. The molecule has 11 heavy (non-hydrogen) atoms. The van der Waals surface area contributed by atoms with Crippen LogP contribution in [0.15, 0.2) is 0 Å². The van der Waals surface area contributed by atoms with Gasteiger partial charge in [0.2, 0.25) is 0 Å². The van der Waals surface area contributed by atoms with E-state index in [1.54, 1.807) is 0 Å². The van der Waals surface area contributed by atoms with E-state index in [-0.39, 0.29) is 23.8 Å². The Morgan fingerprint density at radius 2 is 1.91 bits per heavy atom. The molecular weight excluding hydrogens is 144 g/mol. The van der Waals surface area contributed by atoms with Gasteiger partial charge in [-0.25, -0.2) is 0 Å². The molecule has 0 aromatic carbocycles. The van der Waals surface area contributed by atoms with E-state index in [0.29, 0.717) is 0 Å². The van der Waals surface area contributed by atoms with E-state index in [9.17, 15) is 9.59 Å². The van der Waals surface area contributed by atoms with Crippen molar-refractivity contribution in [1.82, 2.24) is 0 Å². The maximum atomic E-state index is 11.1. The summed E-state index contributed by atoms with van der Waals surface area (Å²) < 4.78 is 4.62. The van der Waals surface area contributed by atoms with Crippen LogP contribution in [-0.2, 0) is 14.3 Å². The number of carbonyl (C=O) groups is 2. The van der Waals surface area contributed by atoms with Gasteiger partial charge >= 0.3 is 5.97 Å². The van der Waals surface area contributed by atoms with Crippen LogP contribution < -0.4 is 0 Å². The first-order valence-electron chi connectivity index (χ1n) is 3.62. The number of rotatable bonds is 0. The summed E-state index contributed by atoms with van der Waals surface area (Å²) >= 11 is 0. The van der Waals surface area contributed by atoms with Crippen molar-refractivity contribution >= 4 is 11.8 Å². The number of carbonyl (C=O) groups excluding carboxylic acids is 2. The van der Waals surface area contributed by atoms with Crippen molar-refractivity contribution in [2.45, 2.75) is 20.8 Å². The van der Waals surface area contributed by atoms with Crippen molar-refractivity contribution in [1.29, 1.82) is 0 Å². The van der Waals surface area contributed by atoms with Crippen LogP contribution >= 0.6 is 0 Å². The van der Waals surface area contributed by atoms with Gasteiger partial charge in [0.1, 0.15) is 5.92 Å².